The van der Waals surface area contributed by atoms with Gasteiger partial charge < -0.3 is 9.40 Å². The number of para-hydroxylation sites is 1. The number of carbonyl (C=O) groups is 1. The molecule has 2 aromatic rings. The molecule has 1 aromatic carbocycles. The second-order valence-corrected chi connectivity index (χ2v) is 3.96. The van der Waals surface area contributed by atoms with Gasteiger partial charge in [-0.3, -0.25) is 0 Å². The molecule has 0 atom stereocenters. The van der Waals surface area contributed by atoms with E-state index in [0.717, 1.165) is 16.5 Å². The Bertz CT molecular complexity index is 602. The number of nitrogens with zero attached hydrogens (tertiary/aromatic N) is 2. The first-order valence-corrected chi connectivity index (χ1v) is 5.43. The van der Waals surface area contributed by atoms with E-state index in [1.165, 1.54) is 13.1 Å². The van der Waals surface area contributed by atoms with E-state index in [4.69, 9.17) is 11.6 Å². The van der Waals surface area contributed by atoms with Crippen LogP contribution in [0.5, 0.6) is 0 Å². The van der Waals surface area contributed by atoms with E-state index in [0.29, 0.717) is 5.15 Å². The summed E-state index contributed by atoms with van der Waals surface area (Å²) in [6.45, 7) is 1.29. The van der Waals surface area contributed by atoms with Gasteiger partial charge >= 0.3 is 5.97 Å². The molecule has 88 valence electrons. The Morgan fingerprint density at radius 1 is 1.47 bits per heavy atom. The van der Waals surface area contributed by atoms with Crippen molar-refractivity contribution in [2.24, 2.45) is 12.2 Å². The zero-order chi connectivity index (χ0) is 12.4. The number of benzene rings is 1. The van der Waals surface area contributed by atoms with Crippen molar-refractivity contribution in [2.45, 2.75) is 6.92 Å². The van der Waals surface area contributed by atoms with Gasteiger partial charge in [-0.05, 0) is 6.07 Å². The first-order chi connectivity index (χ1) is 8.11. The average molecular weight is 251 g/mol. The Kier molecular flexibility index (Phi) is 3.15. The molecule has 0 fully saturated rings. The molecule has 17 heavy (non-hydrogen) atoms. The molecule has 1 heterocycles. The highest BCUT2D eigenvalue weighted by Crippen LogP contribution is 2.27. The molecule has 0 aliphatic carbocycles. The summed E-state index contributed by atoms with van der Waals surface area (Å²) in [5.74, 6) is -0.461. The molecule has 0 bridgehead atoms. The Balaban J connectivity index is 2.50. The second kappa shape index (κ2) is 4.59. The Labute approximate surface area is 103 Å². The van der Waals surface area contributed by atoms with Crippen molar-refractivity contribution in [3.05, 3.63) is 35.0 Å². The molecular weight excluding hydrogens is 240 g/mol. The predicted molar refractivity (Wildman–Crippen MR) is 67.3 cm³/mol. The number of hydrogen-bond donors (Lipinski definition) is 0. The van der Waals surface area contributed by atoms with Crippen LogP contribution in [0, 0.1) is 0 Å². The highest BCUT2D eigenvalue weighted by molar-refractivity contribution is 6.34. The molecule has 0 radical (unpaired) electrons. The molecule has 0 unspecified atom stereocenters. The maximum absolute atomic E-state index is 10.6. The number of fused-ring (bicyclic) bond motifs is 1. The summed E-state index contributed by atoms with van der Waals surface area (Å²) in [5, 5.41) is 5.12. The summed E-state index contributed by atoms with van der Waals surface area (Å²) in [4.78, 5) is 15.1. The minimum atomic E-state index is -0.461. The average Bonchev–Trinajstić information content (AvgIpc) is 2.54. The third kappa shape index (κ3) is 2.17. The van der Waals surface area contributed by atoms with Crippen LogP contribution in [0.3, 0.4) is 0 Å². The summed E-state index contributed by atoms with van der Waals surface area (Å²) < 4.78 is 1.85. The standard InChI is InChI=1S/C12H11ClN2O2/c1-8(16)17-14-7-10-9-5-3-4-6-11(9)15(2)12(10)13/h3-7H,1-2H3. The van der Waals surface area contributed by atoms with Gasteiger partial charge in [0.2, 0.25) is 0 Å². The number of oxime groups is 1. The van der Waals surface area contributed by atoms with Crippen LogP contribution in [0.15, 0.2) is 29.4 Å². The smallest absolute Gasteiger partial charge is 0.331 e. The van der Waals surface area contributed by atoms with E-state index in [1.807, 2.05) is 35.9 Å². The fourth-order valence-corrected chi connectivity index (χ4v) is 1.91. The van der Waals surface area contributed by atoms with E-state index in [9.17, 15) is 4.79 Å². The van der Waals surface area contributed by atoms with E-state index in [1.54, 1.807) is 0 Å². The van der Waals surface area contributed by atoms with E-state index in [2.05, 4.69) is 9.99 Å². The SMILES string of the molecule is CC(=O)ON=Cc1c(Cl)n(C)c2ccccc12. The number of rotatable bonds is 2. The van der Waals surface area contributed by atoms with Gasteiger partial charge in [-0.15, -0.1) is 0 Å². The fraction of sp³-hybridized carbons (Fsp3) is 0.167. The van der Waals surface area contributed by atoms with E-state index < -0.39 is 5.97 Å². The highest BCUT2D eigenvalue weighted by Gasteiger charge is 2.11. The number of aryl methyl sites for hydroxylation is 1. The van der Waals surface area contributed by atoms with Gasteiger partial charge in [0.25, 0.3) is 0 Å². The van der Waals surface area contributed by atoms with Gasteiger partial charge in [-0.1, -0.05) is 35.0 Å². The van der Waals surface area contributed by atoms with Crippen molar-refractivity contribution in [3.8, 4) is 0 Å². The van der Waals surface area contributed by atoms with Gasteiger partial charge in [0.15, 0.2) is 0 Å². The third-order valence-corrected chi connectivity index (χ3v) is 2.89. The largest absolute Gasteiger partial charge is 0.334 e. The summed E-state index contributed by atoms with van der Waals surface area (Å²) >= 11 is 6.18. The lowest BCUT2D eigenvalue weighted by atomic mass is 10.2. The normalized spacial score (nSPS) is 11.2. The number of hydrogen-bond acceptors (Lipinski definition) is 3. The lowest BCUT2D eigenvalue weighted by Crippen LogP contribution is -1.92. The molecule has 2 rings (SSSR count). The molecule has 0 saturated heterocycles. The first kappa shape index (κ1) is 11.7. The van der Waals surface area contributed by atoms with Gasteiger partial charge in [0.05, 0.1) is 6.21 Å². The molecule has 4 nitrogen and oxygen atoms in total. The van der Waals surface area contributed by atoms with Crippen LogP contribution in [0.25, 0.3) is 10.9 Å². The lowest BCUT2D eigenvalue weighted by molar-refractivity contribution is -0.140. The van der Waals surface area contributed by atoms with Crippen LogP contribution in [-0.4, -0.2) is 16.8 Å². The molecule has 0 spiro atoms. The van der Waals surface area contributed by atoms with Crippen LogP contribution in [-0.2, 0) is 16.7 Å². The van der Waals surface area contributed by atoms with Crippen molar-refractivity contribution in [1.82, 2.24) is 4.57 Å². The zero-order valence-electron chi connectivity index (χ0n) is 9.48. The topological polar surface area (TPSA) is 43.6 Å². The monoisotopic (exact) mass is 250 g/mol. The fourth-order valence-electron chi connectivity index (χ4n) is 1.67. The minimum Gasteiger partial charge on any atom is -0.334 e. The molecule has 5 heteroatoms. The van der Waals surface area contributed by atoms with Crippen LogP contribution in [0.4, 0.5) is 0 Å². The molecule has 0 N–H and O–H groups in total. The minimum absolute atomic E-state index is 0.461. The maximum Gasteiger partial charge on any atom is 0.331 e. The quantitative estimate of drug-likeness (QED) is 0.467. The molecule has 0 aliphatic heterocycles. The van der Waals surface area contributed by atoms with Crippen molar-refractivity contribution >= 4 is 34.7 Å². The molecule has 1 aromatic heterocycles. The summed E-state index contributed by atoms with van der Waals surface area (Å²) in [6, 6.07) is 7.76. The van der Waals surface area contributed by atoms with Gasteiger partial charge in [0, 0.05) is 30.4 Å². The number of carbonyl (C=O) groups excluding carboxylic acids is 1. The third-order valence-electron chi connectivity index (χ3n) is 2.44. The molecule has 0 saturated carbocycles. The lowest BCUT2D eigenvalue weighted by Gasteiger charge is -1.95. The number of aromatic nitrogens is 1. The molecular formula is C12H11ClN2O2. The van der Waals surface area contributed by atoms with Crippen molar-refractivity contribution in [1.29, 1.82) is 0 Å². The van der Waals surface area contributed by atoms with Crippen molar-refractivity contribution < 1.29 is 9.63 Å². The highest BCUT2D eigenvalue weighted by atomic mass is 35.5. The Hall–Kier alpha value is -1.81. The first-order valence-electron chi connectivity index (χ1n) is 5.05. The van der Waals surface area contributed by atoms with E-state index in [-0.39, 0.29) is 0 Å². The number of halogens is 1. The molecule has 0 aliphatic rings. The van der Waals surface area contributed by atoms with Crippen LogP contribution >= 0.6 is 11.6 Å². The van der Waals surface area contributed by atoms with Crippen molar-refractivity contribution in [3.63, 3.8) is 0 Å². The predicted octanol–water partition coefficient (Wildman–Crippen LogP) is 2.73. The van der Waals surface area contributed by atoms with Crippen LogP contribution in [0.2, 0.25) is 5.15 Å². The van der Waals surface area contributed by atoms with E-state index >= 15 is 0 Å². The second-order valence-electron chi connectivity index (χ2n) is 3.60. The van der Waals surface area contributed by atoms with Crippen LogP contribution in [0.1, 0.15) is 12.5 Å². The van der Waals surface area contributed by atoms with Gasteiger partial charge in [-0.25, -0.2) is 4.79 Å². The maximum atomic E-state index is 10.6. The van der Waals surface area contributed by atoms with Gasteiger partial charge in [-0.2, -0.15) is 0 Å². The van der Waals surface area contributed by atoms with Crippen molar-refractivity contribution in [2.75, 3.05) is 0 Å². The van der Waals surface area contributed by atoms with Crippen LogP contribution < -0.4 is 0 Å². The molecule has 0 amide bonds. The van der Waals surface area contributed by atoms with Gasteiger partial charge in [0.1, 0.15) is 5.15 Å². The summed E-state index contributed by atoms with van der Waals surface area (Å²) in [6.07, 6.45) is 1.45. The summed E-state index contributed by atoms with van der Waals surface area (Å²) in [5.41, 5.74) is 1.74. The Morgan fingerprint density at radius 2 is 2.18 bits per heavy atom. The zero-order valence-corrected chi connectivity index (χ0v) is 10.2. The Morgan fingerprint density at radius 3 is 2.88 bits per heavy atom. The summed E-state index contributed by atoms with van der Waals surface area (Å²) in [7, 11) is 1.87.